The summed E-state index contributed by atoms with van der Waals surface area (Å²) in [5, 5.41) is 0. The number of ether oxygens (including phenoxy) is 1. The van der Waals surface area contributed by atoms with Gasteiger partial charge in [0.25, 0.3) is 0 Å². The fourth-order valence-corrected chi connectivity index (χ4v) is 2.03. The zero-order chi connectivity index (χ0) is 13.0. The second kappa shape index (κ2) is 5.69. The van der Waals surface area contributed by atoms with Crippen molar-refractivity contribution in [3.8, 4) is 5.75 Å². The summed E-state index contributed by atoms with van der Waals surface area (Å²) in [5.41, 5.74) is 7.28. The Morgan fingerprint density at radius 1 is 1.33 bits per heavy atom. The first-order valence-electron chi connectivity index (χ1n) is 6.26. The Morgan fingerprint density at radius 3 is 2.83 bits per heavy atom. The number of benzene rings is 1. The lowest BCUT2D eigenvalue weighted by atomic mass is 10.1. The van der Waals surface area contributed by atoms with Crippen LogP contribution in [0.3, 0.4) is 0 Å². The average Bonchev–Trinajstić information content (AvgIpc) is 2.87. The van der Waals surface area contributed by atoms with Crippen LogP contribution in [0.1, 0.15) is 31.3 Å². The van der Waals surface area contributed by atoms with Crippen molar-refractivity contribution < 1.29 is 4.74 Å². The minimum absolute atomic E-state index is 0.261. The molecule has 0 aliphatic rings. The lowest BCUT2D eigenvalue weighted by molar-refractivity contribution is 0.335. The summed E-state index contributed by atoms with van der Waals surface area (Å²) in [5.74, 6) is 1.70. The van der Waals surface area contributed by atoms with Crippen LogP contribution in [0.4, 0.5) is 0 Å². The number of hydrogen-bond acceptors (Lipinski definition) is 3. The highest BCUT2D eigenvalue weighted by Crippen LogP contribution is 2.27. The maximum Gasteiger partial charge on any atom is 0.130 e. The number of rotatable bonds is 5. The summed E-state index contributed by atoms with van der Waals surface area (Å²) >= 11 is 0. The molecule has 0 radical (unpaired) electrons. The third kappa shape index (κ3) is 2.38. The summed E-state index contributed by atoms with van der Waals surface area (Å²) in [6.07, 6.45) is 3.72. The van der Waals surface area contributed by atoms with Crippen molar-refractivity contribution in [1.82, 2.24) is 9.55 Å². The molecule has 0 saturated carbocycles. The maximum absolute atomic E-state index is 6.30. The molecule has 1 atom stereocenters. The molecule has 0 bridgehead atoms. The third-order valence-corrected chi connectivity index (χ3v) is 2.92. The maximum atomic E-state index is 6.30. The largest absolute Gasteiger partial charge is 0.494 e. The second-order valence-electron chi connectivity index (χ2n) is 4.02. The van der Waals surface area contributed by atoms with Gasteiger partial charge >= 0.3 is 0 Å². The van der Waals surface area contributed by atoms with Gasteiger partial charge in [-0.2, -0.15) is 0 Å². The first-order chi connectivity index (χ1) is 8.77. The molecule has 1 unspecified atom stereocenters. The van der Waals surface area contributed by atoms with Crippen LogP contribution in [0.5, 0.6) is 5.75 Å². The average molecular weight is 245 g/mol. The van der Waals surface area contributed by atoms with E-state index in [0.717, 1.165) is 23.7 Å². The van der Waals surface area contributed by atoms with E-state index in [1.54, 1.807) is 6.20 Å². The van der Waals surface area contributed by atoms with E-state index in [2.05, 4.69) is 11.9 Å². The van der Waals surface area contributed by atoms with Crippen molar-refractivity contribution in [2.24, 2.45) is 5.73 Å². The van der Waals surface area contributed by atoms with Crippen LogP contribution in [0.25, 0.3) is 0 Å². The fourth-order valence-electron chi connectivity index (χ4n) is 2.03. The standard InChI is InChI=1S/C14H19N3O/c1-3-17-10-9-16-14(17)13(15)11-7-5-6-8-12(11)18-4-2/h5-10,13H,3-4,15H2,1-2H3. The molecule has 2 rings (SSSR count). The zero-order valence-corrected chi connectivity index (χ0v) is 10.8. The molecule has 2 aromatic rings. The molecule has 1 aromatic carbocycles. The highest BCUT2D eigenvalue weighted by atomic mass is 16.5. The number of imidazole rings is 1. The predicted molar refractivity (Wildman–Crippen MR) is 71.5 cm³/mol. The Kier molecular flexibility index (Phi) is 3.99. The van der Waals surface area contributed by atoms with Crippen LogP contribution in [0.15, 0.2) is 36.7 Å². The summed E-state index contributed by atoms with van der Waals surface area (Å²) in [4.78, 5) is 4.35. The van der Waals surface area contributed by atoms with E-state index >= 15 is 0 Å². The summed E-state index contributed by atoms with van der Waals surface area (Å²) < 4.78 is 7.66. The number of nitrogens with two attached hydrogens (primary N) is 1. The van der Waals surface area contributed by atoms with E-state index in [-0.39, 0.29) is 6.04 Å². The SMILES string of the molecule is CCOc1ccccc1C(N)c1nccn1CC. The van der Waals surface area contributed by atoms with E-state index in [4.69, 9.17) is 10.5 Å². The van der Waals surface area contributed by atoms with Crippen LogP contribution in [-0.2, 0) is 6.54 Å². The van der Waals surface area contributed by atoms with Crippen LogP contribution < -0.4 is 10.5 Å². The molecule has 1 heterocycles. The van der Waals surface area contributed by atoms with Crippen LogP contribution in [-0.4, -0.2) is 16.2 Å². The molecule has 0 amide bonds. The molecule has 4 heteroatoms. The van der Waals surface area contributed by atoms with Crippen molar-refractivity contribution in [1.29, 1.82) is 0 Å². The highest BCUT2D eigenvalue weighted by Gasteiger charge is 2.17. The molecule has 0 aliphatic carbocycles. The Bertz CT molecular complexity index is 507. The van der Waals surface area contributed by atoms with E-state index in [1.165, 1.54) is 0 Å². The highest BCUT2D eigenvalue weighted by molar-refractivity contribution is 5.38. The van der Waals surface area contributed by atoms with Crippen molar-refractivity contribution in [2.45, 2.75) is 26.4 Å². The third-order valence-electron chi connectivity index (χ3n) is 2.92. The molecule has 18 heavy (non-hydrogen) atoms. The summed E-state index contributed by atoms with van der Waals surface area (Å²) in [6.45, 7) is 5.54. The number of nitrogens with zero attached hydrogens (tertiary/aromatic N) is 2. The van der Waals surface area contributed by atoms with Gasteiger partial charge in [-0.1, -0.05) is 18.2 Å². The molecule has 1 aromatic heterocycles. The quantitative estimate of drug-likeness (QED) is 0.879. The van der Waals surface area contributed by atoms with Gasteiger partial charge in [-0.05, 0) is 19.9 Å². The van der Waals surface area contributed by atoms with E-state index in [9.17, 15) is 0 Å². The number of hydrogen-bond donors (Lipinski definition) is 1. The Hall–Kier alpha value is -1.81. The number of aryl methyl sites for hydroxylation is 1. The Labute approximate surface area is 107 Å². The normalized spacial score (nSPS) is 12.4. The minimum Gasteiger partial charge on any atom is -0.494 e. The van der Waals surface area contributed by atoms with Crippen molar-refractivity contribution in [2.75, 3.05) is 6.61 Å². The van der Waals surface area contributed by atoms with Crippen molar-refractivity contribution in [3.05, 3.63) is 48.0 Å². The Morgan fingerprint density at radius 2 is 2.11 bits per heavy atom. The van der Waals surface area contributed by atoms with E-state index < -0.39 is 0 Å². The summed E-state index contributed by atoms with van der Waals surface area (Å²) in [6, 6.07) is 7.59. The van der Waals surface area contributed by atoms with Crippen molar-refractivity contribution in [3.63, 3.8) is 0 Å². The van der Waals surface area contributed by atoms with Gasteiger partial charge in [-0.25, -0.2) is 4.98 Å². The van der Waals surface area contributed by atoms with Crippen LogP contribution >= 0.6 is 0 Å². The molecule has 4 nitrogen and oxygen atoms in total. The fraction of sp³-hybridized carbons (Fsp3) is 0.357. The smallest absolute Gasteiger partial charge is 0.130 e. The van der Waals surface area contributed by atoms with E-state index in [0.29, 0.717) is 6.61 Å². The van der Waals surface area contributed by atoms with Gasteiger partial charge < -0.3 is 15.0 Å². The predicted octanol–water partition coefficient (Wildman–Crippen LogP) is 2.35. The zero-order valence-electron chi connectivity index (χ0n) is 10.8. The van der Waals surface area contributed by atoms with Gasteiger partial charge in [0.05, 0.1) is 12.6 Å². The molecule has 96 valence electrons. The summed E-state index contributed by atoms with van der Waals surface area (Å²) in [7, 11) is 0. The lowest BCUT2D eigenvalue weighted by Gasteiger charge is -2.17. The van der Waals surface area contributed by atoms with Gasteiger partial charge in [0.1, 0.15) is 11.6 Å². The van der Waals surface area contributed by atoms with Crippen molar-refractivity contribution >= 4 is 0 Å². The molecule has 0 fully saturated rings. The Balaban J connectivity index is 2.36. The first kappa shape index (κ1) is 12.6. The monoisotopic (exact) mass is 245 g/mol. The second-order valence-corrected chi connectivity index (χ2v) is 4.02. The van der Waals surface area contributed by atoms with E-state index in [1.807, 2.05) is 42.0 Å². The van der Waals surface area contributed by atoms with Crippen LogP contribution in [0, 0.1) is 0 Å². The lowest BCUT2D eigenvalue weighted by Crippen LogP contribution is -2.18. The van der Waals surface area contributed by atoms with Gasteiger partial charge in [-0.15, -0.1) is 0 Å². The number of aromatic nitrogens is 2. The van der Waals surface area contributed by atoms with Gasteiger partial charge in [0.15, 0.2) is 0 Å². The van der Waals surface area contributed by atoms with Gasteiger partial charge in [-0.3, -0.25) is 0 Å². The molecule has 0 saturated heterocycles. The number of para-hydroxylation sites is 1. The van der Waals surface area contributed by atoms with Gasteiger partial charge in [0.2, 0.25) is 0 Å². The topological polar surface area (TPSA) is 53.1 Å². The molecular formula is C14H19N3O. The first-order valence-corrected chi connectivity index (χ1v) is 6.26. The molecule has 0 spiro atoms. The van der Waals surface area contributed by atoms with Gasteiger partial charge in [0, 0.05) is 24.5 Å². The minimum atomic E-state index is -0.261. The molecular weight excluding hydrogens is 226 g/mol. The molecule has 0 aliphatic heterocycles. The van der Waals surface area contributed by atoms with Crippen LogP contribution in [0.2, 0.25) is 0 Å². The molecule has 2 N–H and O–H groups in total.